The summed E-state index contributed by atoms with van der Waals surface area (Å²) in [7, 11) is 0. The van der Waals surface area contributed by atoms with Crippen molar-refractivity contribution in [2.45, 2.75) is 19.5 Å². The molecule has 5 nitrogen and oxygen atoms in total. The van der Waals surface area contributed by atoms with E-state index < -0.39 is 6.04 Å². The number of carbonyl (C=O) groups excluding carboxylic acids is 2. The molecule has 2 amide bonds. The Hall–Kier alpha value is -2.66. The Morgan fingerprint density at radius 3 is 2.21 bits per heavy atom. The minimum atomic E-state index is -0.673. The average molecular weight is 326 g/mol. The number of aliphatic hydroxyl groups excluding tert-OH is 1. The van der Waals surface area contributed by atoms with Gasteiger partial charge in [-0.15, -0.1) is 0 Å². The van der Waals surface area contributed by atoms with Crippen LogP contribution in [0.25, 0.3) is 0 Å². The maximum Gasteiger partial charge on any atom is 0.251 e. The Kier molecular flexibility index (Phi) is 6.51. The second kappa shape index (κ2) is 8.84. The zero-order valence-electron chi connectivity index (χ0n) is 13.7. The number of nitrogens with one attached hydrogen (secondary N) is 1. The molecule has 2 rings (SSSR count). The standard InChI is InChI=1S/C19H22N2O3/c1-15(20-18(23)17-10-6-3-7-11-17)19(24)21(12-13-22)14-16-8-4-2-5-9-16/h2-11,15,22H,12-14H2,1H3,(H,20,23). The second-order valence-electron chi connectivity index (χ2n) is 5.53. The second-order valence-corrected chi connectivity index (χ2v) is 5.53. The highest BCUT2D eigenvalue weighted by atomic mass is 16.3. The van der Waals surface area contributed by atoms with Crippen molar-refractivity contribution < 1.29 is 14.7 Å². The van der Waals surface area contributed by atoms with Crippen molar-refractivity contribution in [3.05, 3.63) is 71.8 Å². The normalized spacial score (nSPS) is 11.6. The molecule has 5 heteroatoms. The van der Waals surface area contributed by atoms with Crippen molar-refractivity contribution >= 4 is 11.8 Å². The predicted molar refractivity (Wildman–Crippen MR) is 92.3 cm³/mol. The molecule has 2 N–H and O–H groups in total. The molecule has 0 radical (unpaired) electrons. The molecule has 0 aliphatic heterocycles. The predicted octanol–water partition coefficient (Wildman–Crippen LogP) is 1.83. The first-order chi connectivity index (χ1) is 11.6. The van der Waals surface area contributed by atoms with Gasteiger partial charge in [-0.1, -0.05) is 48.5 Å². The topological polar surface area (TPSA) is 69.6 Å². The number of hydrogen-bond acceptors (Lipinski definition) is 3. The van der Waals surface area contributed by atoms with E-state index in [1.807, 2.05) is 36.4 Å². The zero-order valence-corrected chi connectivity index (χ0v) is 13.7. The smallest absolute Gasteiger partial charge is 0.251 e. The molecule has 0 aromatic heterocycles. The molecule has 2 aromatic rings. The third-order valence-electron chi connectivity index (χ3n) is 3.65. The molecule has 0 spiro atoms. The molecule has 0 fully saturated rings. The number of rotatable bonds is 7. The summed E-state index contributed by atoms with van der Waals surface area (Å²) in [6.07, 6.45) is 0. The molecule has 2 aromatic carbocycles. The monoisotopic (exact) mass is 326 g/mol. The number of hydrogen-bond donors (Lipinski definition) is 2. The van der Waals surface area contributed by atoms with Crippen LogP contribution in [0.2, 0.25) is 0 Å². The molecular weight excluding hydrogens is 304 g/mol. The first kappa shape index (κ1) is 17.7. The lowest BCUT2D eigenvalue weighted by Crippen LogP contribution is -2.47. The number of benzene rings is 2. The van der Waals surface area contributed by atoms with E-state index in [9.17, 15) is 14.7 Å². The van der Waals surface area contributed by atoms with Gasteiger partial charge in [0.1, 0.15) is 6.04 Å². The van der Waals surface area contributed by atoms with Crippen molar-refractivity contribution in [1.82, 2.24) is 10.2 Å². The number of amides is 2. The molecule has 126 valence electrons. The summed E-state index contributed by atoms with van der Waals surface area (Å²) in [5.41, 5.74) is 1.48. The molecule has 0 heterocycles. The average Bonchev–Trinajstić information content (AvgIpc) is 2.62. The van der Waals surface area contributed by atoms with Crippen molar-refractivity contribution in [3.8, 4) is 0 Å². The maximum absolute atomic E-state index is 12.6. The van der Waals surface area contributed by atoms with Crippen molar-refractivity contribution in [2.75, 3.05) is 13.2 Å². The summed E-state index contributed by atoms with van der Waals surface area (Å²) >= 11 is 0. The lowest BCUT2D eigenvalue weighted by Gasteiger charge is -2.25. The molecule has 1 unspecified atom stereocenters. The van der Waals surface area contributed by atoms with Crippen LogP contribution in [0.5, 0.6) is 0 Å². The van der Waals surface area contributed by atoms with Crippen LogP contribution in [-0.4, -0.2) is 41.0 Å². The Morgan fingerprint density at radius 1 is 1.04 bits per heavy atom. The van der Waals surface area contributed by atoms with Gasteiger partial charge in [0.2, 0.25) is 5.91 Å². The molecule has 0 aliphatic rings. The minimum Gasteiger partial charge on any atom is -0.395 e. The van der Waals surface area contributed by atoms with E-state index in [1.54, 1.807) is 36.1 Å². The third-order valence-corrected chi connectivity index (χ3v) is 3.65. The van der Waals surface area contributed by atoms with Crippen molar-refractivity contribution in [2.24, 2.45) is 0 Å². The van der Waals surface area contributed by atoms with Gasteiger partial charge < -0.3 is 15.3 Å². The van der Waals surface area contributed by atoms with Crippen LogP contribution in [0.1, 0.15) is 22.8 Å². The van der Waals surface area contributed by atoms with Gasteiger partial charge in [0, 0.05) is 18.7 Å². The highest BCUT2D eigenvalue weighted by molar-refractivity contribution is 5.97. The molecule has 0 bridgehead atoms. The van der Waals surface area contributed by atoms with Gasteiger partial charge in [-0.25, -0.2) is 0 Å². The number of aliphatic hydroxyl groups is 1. The van der Waals surface area contributed by atoms with Gasteiger partial charge in [-0.05, 0) is 24.6 Å². The van der Waals surface area contributed by atoms with Crippen LogP contribution in [0.15, 0.2) is 60.7 Å². The van der Waals surface area contributed by atoms with Crippen LogP contribution in [-0.2, 0) is 11.3 Å². The van der Waals surface area contributed by atoms with Crippen LogP contribution in [0, 0.1) is 0 Å². The summed E-state index contributed by atoms with van der Waals surface area (Å²) < 4.78 is 0. The third kappa shape index (κ3) is 4.93. The van der Waals surface area contributed by atoms with Crippen molar-refractivity contribution in [3.63, 3.8) is 0 Å². The summed E-state index contributed by atoms with van der Waals surface area (Å²) in [4.78, 5) is 26.3. The summed E-state index contributed by atoms with van der Waals surface area (Å²) in [5.74, 6) is -0.516. The van der Waals surface area contributed by atoms with E-state index in [2.05, 4.69) is 5.32 Å². The summed E-state index contributed by atoms with van der Waals surface area (Å²) in [6, 6.07) is 17.6. The van der Waals surface area contributed by atoms with Gasteiger partial charge in [-0.3, -0.25) is 9.59 Å². The molecule has 0 saturated heterocycles. The van der Waals surface area contributed by atoms with Gasteiger partial charge in [-0.2, -0.15) is 0 Å². The maximum atomic E-state index is 12.6. The molecule has 1 atom stereocenters. The number of nitrogens with zero attached hydrogens (tertiary/aromatic N) is 1. The molecular formula is C19H22N2O3. The van der Waals surface area contributed by atoms with E-state index in [4.69, 9.17) is 0 Å². The van der Waals surface area contributed by atoms with E-state index in [0.717, 1.165) is 5.56 Å². The van der Waals surface area contributed by atoms with E-state index in [0.29, 0.717) is 12.1 Å². The molecule has 0 aliphatic carbocycles. The SMILES string of the molecule is CC(NC(=O)c1ccccc1)C(=O)N(CCO)Cc1ccccc1. The summed E-state index contributed by atoms with van der Waals surface area (Å²) in [5, 5.41) is 11.9. The Bertz CT molecular complexity index is 659. The van der Waals surface area contributed by atoms with Crippen LogP contribution in [0.4, 0.5) is 0 Å². The lowest BCUT2D eigenvalue weighted by molar-refractivity contribution is -0.134. The zero-order chi connectivity index (χ0) is 17.4. The highest BCUT2D eigenvalue weighted by Gasteiger charge is 2.22. The lowest BCUT2D eigenvalue weighted by atomic mass is 10.1. The Balaban J connectivity index is 2.01. The highest BCUT2D eigenvalue weighted by Crippen LogP contribution is 2.07. The van der Waals surface area contributed by atoms with E-state index in [1.165, 1.54) is 0 Å². The fourth-order valence-corrected chi connectivity index (χ4v) is 2.40. The van der Waals surface area contributed by atoms with Crippen molar-refractivity contribution in [1.29, 1.82) is 0 Å². The van der Waals surface area contributed by atoms with Gasteiger partial charge in [0.25, 0.3) is 5.91 Å². The number of carbonyl (C=O) groups is 2. The van der Waals surface area contributed by atoms with Crippen LogP contribution in [0.3, 0.4) is 0 Å². The fourth-order valence-electron chi connectivity index (χ4n) is 2.40. The largest absolute Gasteiger partial charge is 0.395 e. The van der Waals surface area contributed by atoms with E-state index >= 15 is 0 Å². The van der Waals surface area contributed by atoms with Crippen LogP contribution < -0.4 is 5.32 Å². The van der Waals surface area contributed by atoms with Gasteiger partial charge in [0.15, 0.2) is 0 Å². The molecule has 0 saturated carbocycles. The quantitative estimate of drug-likeness (QED) is 0.815. The first-order valence-corrected chi connectivity index (χ1v) is 7.91. The van der Waals surface area contributed by atoms with Gasteiger partial charge in [0.05, 0.1) is 6.61 Å². The first-order valence-electron chi connectivity index (χ1n) is 7.91. The van der Waals surface area contributed by atoms with E-state index in [-0.39, 0.29) is 25.0 Å². The molecule has 24 heavy (non-hydrogen) atoms. The Labute approximate surface area is 141 Å². The minimum absolute atomic E-state index is 0.127. The van der Waals surface area contributed by atoms with Gasteiger partial charge >= 0.3 is 0 Å². The fraction of sp³-hybridized carbons (Fsp3) is 0.263. The summed E-state index contributed by atoms with van der Waals surface area (Å²) in [6.45, 7) is 2.14. The van der Waals surface area contributed by atoms with Crippen LogP contribution >= 0.6 is 0 Å². The Morgan fingerprint density at radius 2 is 1.62 bits per heavy atom.